The Kier molecular flexibility index (Phi) is 9.30. The molecule has 1 aliphatic rings. The van der Waals surface area contributed by atoms with Crippen LogP contribution in [0.25, 0.3) is 0 Å². The molecule has 0 aromatic rings. The summed E-state index contributed by atoms with van der Waals surface area (Å²) in [6.07, 6.45) is 13.6. The van der Waals surface area contributed by atoms with Crippen molar-refractivity contribution < 1.29 is 0 Å². The maximum Gasteiger partial charge on any atom is -0.0194 e. The van der Waals surface area contributed by atoms with Crippen LogP contribution in [-0.4, -0.2) is 0 Å². The van der Waals surface area contributed by atoms with Crippen molar-refractivity contribution in [1.82, 2.24) is 0 Å². The molecule has 1 saturated carbocycles. The normalized spacial score (nSPS) is 25.1. The molecular weight excluding hydrogens is 336 g/mol. The minimum Gasteiger partial charge on any atom is -0.0993 e. The summed E-state index contributed by atoms with van der Waals surface area (Å²) in [5.41, 5.74) is 3.81. The Morgan fingerprint density at radius 3 is 2.04 bits per heavy atom. The van der Waals surface area contributed by atoms with Crippen LogP contribution < -0.4 is 0 Å². The zero-order chi connectivity index (χ0) is 21.7. The monoisotopic (exact) mass is 386 g/mol. The fraction of sp³-hybridized carbons (Fsp3) is 0.786. The van der Waals surface area contributed by atoms with E-state index in [9.17, 15) is 0 Å². The lowest BCUT2D eigenvalue weighted by molar-refractivity contribution is 0.112. The summed E-state index contributed by atoms with van der Waals surface area (Å²) in [4.78, 5) is 0. The minimum absolute atomic E-state index is 0.317. The Hall–Kier alpha value is -0.780. The van der Waals surface area contributed by atoms with Gasteiger partial charge in [-0.1, -0.05) is 118 Å². The standard InChI is InChI=1S/C28H50/c1-20(14-13-17-27(7,8)9)25(6)28(10,11)23(4)15-12-16-26-18-21(2)24(5)22(3)19-26/h12,15-16,20-23,25H,5,13-14,17-19H2,1-4,6-11H3/b15-12+/t20-,21+,22+,23?,25?/m0/s1. The van der Waals surface area contributed by atoms with E-state index in [4.69, 9.17) is 0 Å². The Labute approximate surface area is 178 Å². The molecule has 0 aliphatic heterocycles. The van der Waals surface area contributed by atoms with E-state index in [0.29, 0.717) is 28.6 Å². The highest BCUT2D eigenvalue weighted by molar-refractivity contribution is 5.23. The summed E-state index contributed by atoms with van der Waals surface area (Å²) < 4.78 is 0. The van der Waals surface area contributed by atoms with Gasteiger partial charge in [0.2, 0.25) is 0 Å². The summed E-state index contributed by atoms with van der Waals surface area (Å²) >= 11 is 0. The van der Waals surface area contributed by atoms with E-state index >= 15 is 0 Å². The Bertz CT molecular complexity index is 535. The van der Waals surface area contributed by atoms with Crippen molar-refractivity contribution >= 4 is 0 Å². The van der Waals surface area contributed by atoms with E-state index in [2.05, 4.69) is 94.0 Å². The van der Waals surface area contributed by atoms with Crippen LogP contribution in [0.4, 0.5) is 0 Å². The van der Waals surface area contributed by atoms with Gasteiger partial charge in [-0.3, -0.25) is 0 Å². The number of hydrogen-bond acceptors (Lipinski definition) is 0. The number of hydrogen-bond donors (Lipinski definition) is 0. The zero-order valence-electron chi connectivity index (χ0n) is 20.9. The molecule has 1 rings (SSSR count). The second kappa shape index (κ2) is 10.3. The minimum atomic E-state index is 0.317. The average Bonchev–Trinajstić information content (AvgIpc) is 2.57. The first kappa shape index (κ1) is 25.3. The summed E-state index contributed by atoms with van der Waals surface area (Å²) in [6, 6.07) is 0. The highest BCUT2D eigenvalue weighted by atomic mass is 14.4. The van der Waals surface area contributed by atoms with Crippen LogP contribution in [0.2, 0.25) is 0 Å². The second-order valence-electron chi connectivity index (χ2n) is 11.8. The third kappa shape index (κ3) is 7.57. The predicted octanol–water partition coefficient (Wildman–Crippen LogP) is 9.24. The van der Waals surface area contributed by atoms with Crippen LogP contribution in [0, 0.1) is 40.4 Å². The van der Waals surface area contributed by atoms with Gasteiger partial charge in [0.05, 0.1) is 0 Å². The predicted molar refractivity (Wildman–Crippen MR) is 129 cm³/mol. The van der Waals surface area contributed by atoms with Crippen LogP contribution in [0.1, 0.15) is 101 Å². The van der Waals surface area contributed by atoms with E-state index in [0.717, 1.165) is 11.8 Å². The molecule has 0 saturated heterocycles. The van der Waals surface area contributed by atoms with Crippen molar-refractivity contribution in [3.8, 4) is 0 Å². The van der Waals surface area contributed by atoms with Crippen LogP contribution in [0.3, 0.4) is 0 Å². The molecule has 0 N–H and O–H groups in total. The van der Waals surface area contributed by atoms with Gasteiger partial charge in [-0.15, -0.1) is 0 Å². The van der Waals surface area contributed by atoms with Gasteiger partial charge in [0.15, 0.2) is 0 Å². The van der Waals surface area contributed by atoms with E-state index in [1.807, 2.05) is 0 Å². The maximum absolute atomic E-state index is 4.28. The smallest absolute Gasteiger partial charge is 0.0194 e. The zero-order valence-corrected chi connectivity index (χ0v) is 20.9. The highest BCUT2D eigenvalue weighted by Gasteiger charge is 2.33. The molecular formula is C28H50. The van der Waals surface area contributed by atoms with Gasteiger partial charge in [-0.05, 0) is 59.7 Å². The van der Waals surface area contributed by atoms with E-state index in [1.54, 1.807) is 5.57 Å². The SMILES string of the molecule is C=C1[C@H](C)CC(=C/C=C/C(C)C(C)(C)C(C)[C@@H](C)CCCC(C)(C)C)C[C@H]1C. The molecule has 0 nitrogen and oxygen atoms in total. The van der Waals surface area contributed by atoms with Crippen LogP contribution in [0.5, 0.6) is 0 Å². The second-order valence-corrected chi connectivity index (χ2v) is 11.8. The fourth-order valence-corrected chi connectivity index (χ4v) is 4.71. The van der Waals surface area contributed by atoms with Crippen molar-refractivity contribution in [3.63, 3.8) is 0 Å². The first-order valence-corrected chi connectivity index (χ1v) is 11.8. The molecule has 0 aromatic carbocycles. The lowest BCUT2D eigenvalue weighted by Crippen LogP contribution is -2.32. The number of rotatable bonds is 8. The third-order valence-corrected chi connectivity index (χ3v) is 7.92. The van der Waals surface area contributed by atoms with Crippen molar-refractivity contribution in [2.24, 2.45) is 40.4 Å². The summed E-state index contributed by atoms with van der Waals surface area (Å²) in [5, 5.41) is 0. The number of allylic oxidation sites excluding steroid dienone is 5. The van der Waals surface area contributed by atoms with Gasteiger partial charge in [0.1, 0.15) is 0 Å². The molecule has 0 spiro atoms. The molecule has 0 radical (unpaired) electrons. The maximum atomic E-state index is 4.28. The molecule has 1 aliphatic carbocycles. The van der Waals surface area contributed by atoms with Gasteiger partial charge in [0.25, 0.3) is 0 Å². The third-order valence-electron chi connectivity index (χ3n) is 7.92. The fourth-order valence-electron chi connectivity index (χ4n) is 4.71. The Morgan fingerprint density at radius 2 is 1.54 bits per heavy atom. The molecule has 0 bridgehead atoms. The first-order valence-electron chi connectivity index (χ1n) is 11.8. The van der Waals surface area contributed by atoms with Gasteiger partial charge in [-0.25, -0.2) is 0 Å². The van der Waals surface area contributed by atoms with Crippen molar-refractivity contribution in [2.45, 2.75) is 101 Å². The quantitative estimate of drug-likeness (QED) is 0.364. The largest absolute Gasteiger partial charge is 0.0993 e. The van der Waals surface area contributed by atoms with Crippen molar-refractivity contribution in [3.05, 3.63) is 36.0 Å². The summed E-state index contributed by atoms with van der Waals surface area (Å²) in [6.45, 7) is 28.3. The van der Waals surface area contributed by atoms with Crippen LogP contribution in [-0.2, 0) is 0 Å². The molecule has 1 fully saturated rings. The molecule has 2 unspecified atom stereocenters. The Morgan fingerprint density at radius 1 is 1.00 bits per heavy atom. The topological polar surface area (TPSA) is 0 Å². The van der Waals surface area contributed by atoms with Crippen molar-refractivity contribution in [1.29, 1.82) is 0 Å². The molecule has 162 valence electrons. The first-order chi connectivity index (χ1) is 12.8. The summed E-state index contributed by atoms with van der Waals surface area (Å²) in [7, 11) is 0. The molecule has 0 heteroatoms. The van der Waals surface area contributed by atoms with Crippen molar-refractivity contribution in [2.75, 3.05) is 0 Å². The molecule has 28 heavy (non-hydrogen) atoms. The highest BCUT2D eigenvalue weighted by Crippen LogP contribution is 2.42. The van der Waals surface area contributed by atoms with E-state index < -0.39 is 0 Å². The van der Waals surface area contributed by atoms with E-state index in [-0.39, 0.29) is 0 Å². The van der Waals surface area contributed by atoms with Gasteiger partial charge in [0, 0.05) is 0 Å². The van der Waals surface area contributed by atoms with Crippen LogP contribution >= 0.6 is 0 Å². The van der Waals surface area contributed by atoms with Crippen LogP contribution in [0.15, 0.2) is 36.0 Å². The van der Waals surface area contributed by atoms with Gasteiger partial charge in [-0.2, -0.15) is 0 Å². The van der Waals surface area contributed by atoms with E-state index in [1.165, 1.54) is 37.7 Å². The molecule has 0 heterocycles. The lowest BCUT2D eigenvalue weighted by Gasteiger charge is -2.40. The lowest BCUT2D eigenvalue weighted by atomic mass is 9.65. The molecule has 5 atom stereocenters. The Balaban J connectivity index is 2.65. The van der Waals surface area contributed by atoms with Gasteiger partial charge < -0.3 is 0 Å². The summed E-state index contributed by atoms with van der Waals surface area (Å²) in [5.74, 6) is 3.34. The molecule has 0 aromatic heterocycles. The average molecular weight is 387 g/mol. The van der Waals surface area contributed by atoms with Gasteiger partial charge >= 0.3 is 0 Å². The molecule has 0 amide bonds.